The predicted molar refractivity (Wildman–Crippen MR) is 120 cm³/mol. The van der Waals surface area contributed by atoms with E-state index in [9.17, 15) is 4.57 Å². The third-order valence-electron chi connectivity index (χ3n) is 4.71. The topological polar surface area (TPSA) is 17.1 Å². The SMILES string of the molecule is Cc1cc(C)cc(P(=O)(c2cc(C)cc(C)c2)c2cc(C)cc(C)c2)c1.[Mg]. The molecule has 3 aromatic rings. The second-order valence-corrected chi connectivity index (χ2v) is 10.4. The molecule has 3 heteroatoms. The van der Waals surface area contributed by atoms with E-state index in [0.29, 0.717) is 0 Å². The Morgan fingerprint density at radius 1 is 0.444 bits per heavy atom. The van der Waals surface area contributed by atoms with Crippen LogP contribution in [0.3, 0.4) is 0 Å². The van der Waals surface area contributed by atoms with Crippen LogP contribution in [0.2, 0.25) is 0 Å². The highest BCUT2D eigenvalue weighted by Crippen LogP contribution is 2.43. The quantitative estimate of drug-likeness (QED) is 0.467. The molecule has 0 N–H and O–H groups in total. The van der Waals surface area contributed by atoms with Crippen molar-refractivity contribution in [2.24, 2.45) is 0 Å². The first-order chi connectivity index (χ1) is 12.2. The van der Waals surface area contributed by atoms with Crippen LogP contribution < -0.4 is 15.9 Å². The van der Waals surface area contributed by atoms with Gasteiger partial charge in [0.05, 0.1) is 0 Å². The Morgan fingerprint density at radius 3 is 0.815 bits per heavy atom. The van der Waals surface area contributed by atoms with Crippen LogP contribution in [0.15, 0.2) is 54.6 Å². The monoisotopic (exact) mass is 386 g/mol. The van der Waals surface area contributed by atoms with Gasteiger partial charge in [-0.2, -0.15) is 0 Å². The van der Waals surface area contributed by atoms with Crippen molar-refractivity contribution in [2.75, 3.05) is 0 Å². The van der Waals surface area contributed by atoms with Crippen LogP contribution in [-0.4, -0.2) is 23.1 Å². The van der Waals surface area contributed by atoms with Crippen molar-refractivity contribution in [3.63, 3.8) is 0 Å². The number of aryl methyl sites for hydroxylation is 6. The standard InChI is InChI=1S/C24H27OP.Mg/c1-16-7-17(2)11-22(10-16)26(25,23-12-18(3)8-19(4)13-23)24-14-20(5)9-21(6)15-24;/h7-15H,1-6H3;. The van der Waals surface area contributed by atoms with Crippen LogP contribution in [0.4, 0.5) is 0 Å². The van der Waals surface area contributed by atoms with Gasteiger partial charge in [0.1, 0.15) is 0 Å². The Hall–Kier alpha value is -1.34. The fourth-order valence-electron chi connectivity index (χ4n) is 3.84. The van der Waals surface area contributed by atoms with E-state index in [0.717, 1.165) is 49.3 Å². The van der Waals surface area contributed by atoms with Gasteiger partial charge in [0, 0.05) is 39.0 Å². The lowest BCUT2D eigenvalue weighted by Crippen LogP contribution is -2.26. The van der Waals surface area contributed by atoms with E-state index in [1.165, 1.54) is 0 Å². The van der Waals surface area contributed by atoms with Gasteiger partial charge in [0.25, 0.3) is 0 Å². The van der Waals surface area contributed by atoms with Gasteiger partial charge in [-0.05, 0) is 77.9 Å². The Morgan fingerprint density at radius 2 is 0.630 bits per heavy atom. The normalized spacial score (nSPS) is 11.2. The Labute approximate surface area is 179 Å². The highest BCUT2D eigenvalue weighted by molar-refractivity contribution is 7.85. The highest BCUT2D eigenvalue weighted by atomic mass is 31.2. The average Bonchev–Trinajstić information content (AvgIpc) is 2.51. The molecule has 0 saturated heterocycles. The summed E-state index contributed by atoms with van der Waals surface area (Å²) in [7, 11) is -2.94. The zero-order valence-corrected chi connectivity index (χ0v) is 19.6. The zero-order valence-electron chi connectivity index (χ0n) is 17.3. The molecule has 0 aliphatic carbocycles. The summed E-state index contributed by atoms with van der Waals surface area (Å²) < 4.78 is 14.7. The molecular weight excluding hydrogens is 360 g/mol. The molecule has 3 aromatic carbocycles. The van der Waals surface area contributed by atoms with E-state index in [2.05, 4.69) is 96.1 Å². The van der Waals surface area contributed by atoms with E-state index in [1.807, 2.05) is 0 Å². The minimum absolute atomic E-state index is 0. The summed E-state index contributed by atoms with van der Waals surface area (Å²) in [6.45, 7) is 12.4. The Bertz CT molecular complexity index is 844. The van der Waals surface area contributed by atoms with Gasteiger partial charge in [0.2, 0.25) is 0 Å². The summed E-state index contributed by atoms with van der Waals surface area (Å²) in [5.74, 6) is 0. The van der Waals surface area contributed by atoms with Gasteiger partial charge in [0.15, 0.2) is 7.14 Å². The largest absolute Gasteiger partial charge is 0.309 e. The molecule has 0 amide bonds. The lowest BCUT2D eigenvalue weighted by molar-refractivity contribution is 0.592. The molecule has 0 atom stereocenters. The number of rotatable bonds is 3. The fourth-order valence-corrected chi connectivity index (χ4v) is 7.05. The molecule has 0 aromatic heterocycles. The van der Waals surface area contributed by atoms with Crippen LogP contribution >= 0.6 is 7.14 Å². The predicted octanol–water partition coefficient (Wildman–Crippen LogP) is 4.80. The Kier molecular flexibility index (Phi) is 6.79. The molecular formula is C24H27MgOP. The van der Waals surface area contributed by atoms with Crippen molar-refractivity contribution in [3.05, 3.63) is 88.0 Å². The second kappa shape index (κ2) is 8.35. The molecule has 136 valence electrons. The van der Waals surface area contributed by atoms with E-state index >= 15 is 0 Å². The van der Waals surface area contributed by atoms with Gasteiger partial charge in [-0.15, -0.1) is 0 Å². The van der Waals surface area contributed by atoms with Gasteiger partial charge in [-0.25, -0.2) is 0 Å². The molecule has 0 heterocycles. The first-order valence-electron chi connectivity index (χ1n) is 9.05. The van der Waals surface area contributed by atoms with E-state index < -0.39 is 7.14 Å². The third kappa shape index (κ3) is 4.56. The van der Waals surface area contributed by atoms with Crippen LogP contribution in [0.25, 0.3) is 0 Å². The minimum atomic E-state index is -2.94. The smallest absolute Gasteiger partial charge is 0.171 e. The first-order valence-corrected chi connectivity index (χ1v) is 10.8. The summed E-state index contributed by atoms with van der Waals surface area (Å²) in [4.78, 5) is 0. The van der Waals surface area contributed by atoms with Crippen molar-refractivity contribution in [1.29, 1.82) is 0 Å². The van der Waals surface area contributed by atoms with Crippen molar-refractivity contribution in [3.8, 4) is 0 Å². The molecule has 3 rings (SSSR count). The van der Waals surface area contributed by atoms with E-state index in [-0.39, 0.29) is 23.1 Å². The maximum Gasteiger partial charge on any atom is 0.171 e. The molecule has 0 spiro atoms. The van der Waals surface area contributed by atoms with Gasteiger partial charge >= 0.3 is 0 Å². The van der Waals surface area contributed by atoms with E-state index in [4.69, 9.17) is 0 Å². The summed E-state index contributed by atoms with van der Waals surface area (Å²) in [6, 6.07) is 18.9. The van der Waals surface area contributed by atoms with Gasteiger partial charge in [-0.1, -0.05) is 51.6 Å². The lowest BCUT2D eigenvalue weighted by Gasteiger charge is -2.23. The molecule has 0 aliphatic rings. The van der Waals surface area contributed by atoms with Crippen molar-refractivity contribution in [1.82, 2.24) is 0 Å². The van der Waals surface area contributed by atoms with E-state index in [1.54, 1.807) is 0 Å². The van der Waals surface area contributed by atoms with Crippen LogP contribution in [0.5, 0.6) is 0 Å². The molecule has 0 aliphatic heterocycles. The lowest BCUT2D eigenvalue weighted by atomic mass is 10.1. The summed E-state index contributed by atoms with van der Waals surface area (Å²) in [5, 5.41) is 2.76. The Balaban J connectivity index is 0.00000261. The minimum Gasteiger partial charge on any atom is -0.309 e. The van der Waals surface area contributed by atoms with Crippen molar-refractivity contribution in [2.45, 2.75) is 41.5 Å². The summed E-state index contributed by atoms with van der Waals surface area (Å²) in [5.41, 5.74) is 6.88. The number of hydrogen-bond acceptors (Lipinski definition) is 1. The molecule has 27 heavy (non-hydrogen) atoms. The molecule has 0 fully saturated rings. The maximum atomic E-state index is 14.7. The number of hydrogen-bond donors (Lipinski definition) is 0. The summed E-state index contributed by atoms with van der Waals surface area (Å²) in [6.07, 6.45) is 0. The van der Waals surface area contributed by atoms with Crippen LogP contribution in [0, 0.1) is 41.5 Å². The first kappa shape index (κ1) is 22.0. The molecule has 2 radical (unpaired) electrons. The fraction of sp³-hybridized carbons (Fsp3) is 0.250. The van der Waals surface area contributed by atoms with Gasteiger partial charge < -0.3 is 4.57 Å². The summed E-state index contributed by atoms with van der Waals surface area (Å²) >= 11 is 0. The van der Waals surface area contributed by atoms with Crippen molar-refractivity contribution >= 4 is 46.1 Å². The maximum absolute atomic E-state index is 14.7. The molecule has 0 saturated carbocycles. The van der Waals surface area contributed by atoms with Crippen molar-refractivity contribution < 1.29 is 4.57 Å². The average molecular weight is 387 g/mol. The zero-order chi connectivity index (χ0) is 19.1. The molecule has 0 bridgehead atoms. The van der Waals surface area contributed by atoms with Gasteiger partial charge in [-0.3, -0.25) is 0 Å². The number of benzene rings is 3. The van der Waals surface area contributed by atoms with Crippen LogP contribution in [0.1, 0.15) is 33.4 Å². The highest BCUT2D eigenvalue weighted by Gasteiger charge is 2.31. The third-order valence-corrected chi connectivity index (χ3v) is 7.67. The van der Waals surface area contributed by atoms with Crippen LogP contribution in [-0.2, 0) is 4.57 Å². The molecule has 0 unspecified atom stereocenters. The second-order valence-electron chi connectivity index (χ2n) is 7.65. The molecule has 1 nitrogen and oxygen atoms in total.